The number of hydrogen-bond donors (Lipinski definition) is 0. The van der Waals surface area contributed by atoms with Crippen LogP contribution in [0.1, 0.15) is 26.7 Å². The maximum Gasteiger partial charge on any atom is -1.00 e. The fourth-order valence-electron chi connectivity index (χ4n) is 3.43. The average Bonchev–Trinajstić information content (AvgIpc) is 2.91. The minimum absolute atomic E-state index is 0. The van der Waals surface area contributed by atoms with E-state index in [4.69, 9.17) is 0 Å². The Labute approximate surface area is 140 Å². The first kappa shape index (κ1) is 17.5. The van der Waals surface area contributed by atoms with Crippen molar-refractivity contribution in [3.8, 4) is 0 Å². The molecule has 0 aliphatic heterocycles. The Morgan fingerprint density at radius 1 is 1.11 bits per heavy atom. The molecule has 0 aromatic heterocycles. The van der Waals surface area contributed by atoms with Gasteiger partial charge in [0.05, 0.1) is 0 Å². The molecule has 0 spiro atoms. The van der Waals surface area contributed by atoms with Gasteiger partial charge in [-0.15, -0.1) is 0 Å². The van der Waals surface area contributed by atoms with Gasteiger partial charge in [0.1, 0.15) is 0 Å². The normalized spacial score (nSPS) is 34.6. The summed E-state index contributed by atoms with van der Waals surface area (Å²) in [4.78, 5) is 0. The molecular weight excluding hydrogens is 354 g/mol. The van der Waals surface area contributed by atoms with Crippen molar-refractivity contribution in [1.29, 1.82) is 0 Å². The van der Waals surface area contributed by atoms with Crippen molar-refractivity contribution >= 4 is 0 Å². The third-order valence-corrected chi connectivity index (χ3v) is 9.24. The Morgan fingerprint density at radius 2 is 1.89 bits per heavy atom. The van der Waals surface area contributed by atoms with Gasteiger partial charge >= 0.3 is 117 Å². The smallest absolute Gasteiger partial charge is 1.00 e. The first-order valence-corrected chi connectivity index (χ1v) is 9.41. The fourth-order valence-corrected chi connectivity index (χ4v) is 7.67. The summed E-state index contributed by atoms with van der Waals surface area (Å²) < 4.78 is 2.77. The van der Waals surface area contributed by atoms with Gasteiger partial charge in [-0.1, -0.05) is 0 Å². The van der Waals surface area contributed by atoms with Crippen molar-refractivity contribution < 1.29 is 48.0 Å². The van der Waals surface area contributed by atoms with Gasteiger partial charge in [-0.2, -0.15) is 0 Å². The molecule has 0 aromatic carbocycles. The zero-order valence-electron chi connectivity index (χ0n) is 11.4. The van der Waals surface area contributed by atoms with Crippen molar-refractivity contribution in [1.82, 2.24) is 0 Å². The third-order valence-electron chi connectivity index (χ3n) is 4.43. The molecule has 4 unspecified atom stereocenters. The van der Waals surface area contributed by atoms with Crippen molar-refractivity contribution in [3.05, 3.63) is 45.3 Å². The minimum Gasteiger partial charge on any atom is -1.00 e. The third kappa shape index (κ3) is 3.55. The summed E-state index contributed by atoms with van der Waals surface area (Å²) in [5.74, 6) is 2.58. The Hall–Kier alpha value is 0.423. The molecule has 3 aliphatic rings. The number of rotatable bonds is 2. The zero-order valence-corrected chi connectivity index (χ0v) is 15.4. The number of fused-ring (bicyclic) bond motifs is 1. The minimum atomic E-state index is -0.381. The quantitative estimate of drug-likeness (QED) is 0.552. The van der Waals surface area contributed by atoms with Gasteiger partial charge in [0.25, 0.3) is 0 Å². The molecule has 3 heteroatoms. The largest absolute Gasteiger partial charge is 1.00 e. The van der Waals surface area contributed by atoms with Gasteiger partial charge in [-0.05, 0) is 0 Å². The van der Waals surface area contributed by atoms with Gasteiger partial charge in [-0.3, -0.25) is 0 Å². The second-order valence-electron chi connectivity index (χ2n) is 5.68. The molecule has 0 bridgehead atoms. The Morgan fingerprint density at radius 3 is 2.58 bits per heavy atom. The van der Waals surface area contributed by atoms with Gasteiger partial charge in [0.15, 0.2) is 0 Å². The second-order valence-corrected chi connectivity index (χ2v) is 9.49. The number of hydrogen-bond acceptors (Lipinski definition) is 0. The molecule has 3 rings (SSSR count). The van der Waals surface area contributed by atoms with Gasteiger partial charge < -0.3 is 24.8 Å². The molecule has 19 heavy (non-hydrogen) atoms. The van der Waals surface area contributed by atoms with E-state index in [2.05, 4.69) is 50.3 Å². The van der Waals surface area contributed by atoms with Crippen LogP contribution < -0.4 is 24.8 Å². The monoisotopic (exact) mass is 372 g/mol. The molecule has 1 fully saturated rings. The van der Waals surface area contributed by atoms with E-state index < -0.39 is 0 Å². The molecule has 102 valence electrons. The maximum atomic E-state index is 2.49. The predicted octanol–water partition coefficient (Wildman–Crippen LogP) is -1.50. The summed E-state index contributed by atoms with van der Waals surface area (Å²) in [6.45, 7) is 4.88. The molecule has 0 saturated heterocycles. The maximum absolute atomic E-state index is 2.49. The van der Waals surface area contributed by atoms with E-state index in [1.807, 2.05) is 5.57 Å². The Bertz CT molecular complexity index is 434. The molecule has 0 N–H and O–H groups in total. The van der Waals surface area contributed by atoms with Crippen molar-refractivity contribution in [2.45, 2.75) is 30.3 Å². The van der Waals surface area contributed by atoms with Crippen LogP contribution in [0, 0.1) is 17.8 Å². The van der Waals surface area contributed by atoms with Crippen LogP contribution in [0.3, 0.4) is 0 Å². The number of halogens is 2. The fraction of sp³-hybridized carbons (Fsp3) is 0.500. The molecule has 1 saturated carbocycles. The molecule has 0 heterocycles. The van der Waals surface area contributed by atoms with Crippen LogP contribution in [0.4, 0.5) is 0 Å². The first-order valence-electron chi connectivity index (χ1n) is 6.76. The summed E-state index contributed by atoms with van der Waals surface area (Å²) in [7, 11) is 0. The summed E-state index contributed by atoms with van der Waals surface area (Å²) in [6.07, 6.45) is 16.8. The van der Waals surface area contributed by atoms with Crippen LogP contribution in [-0.4, -0.2) is 0 Å². The van der Waals surface area contributed by atoms with E-state index >= 15 is 0 Å². The van der Waals surface area contributed by atoms with E-state index in [0.717, 1.165) is 21.4 Å². The summed E-state index contributed by atoms with van der Waals surface area (Å²) in [5.41, 5.74) is 1.81. The molecule has 0 radical (unpaired) electrons. The van der Waals surface area contributed by atoms with E-state index in [1.54, 1.807) is 3.28 Å². The summed E-state index contributed by atoms with van der Waals surface area (Å²) in [6, 6.07) is 0. The Kier molecular flexibility index (Phi) is 6.84. The predicted molar refractivity (Wildman–Crippen MR) is 69.2 cm³/mol. The van der Waals surface area contributed by atoms with Gasteiger partial charge in [-0.25, -0.2) is 0 Å². The van der Waals surface area contributed by atoms with E-state index in [0.29, 0.717) is 0 Å². The standard InChI is InChI=1S/C11H15.C5H5.2ClH.Zr/c1-8-6-10-5-3-4-9(2)11(10)7-8;1-2-4-5-3-1;;;/h3-6,8-9,11H,7H2,1-2H3;1-3H,4H2;2*1H;/q;;;;+2/p-2. The zero-order chi connectivity index (χ0) is 11.8. The van der Waals surface area contributed by atoms with Crippen molar-refractivity contribution in [3.63, 3.8) is 0 Å². The average molecular weight is 374 g/mol. The second kappa shape index (κ2) is 7.44. The van der Waals surface area contributed by atoms with Crippen molar-refractivity contribution in [2.75, 3.05) is 0 Å². The van der Waals surface area contributed by atoms with Crippen LogP contribution in [-0.2, 0) is 23.2 Å². The van der Waals surface area contributed by atoms with Crippen LogP contribution in [0.2, 0.25) is 3.63 Å². The molecule has 4 atom stereocenters. The Balaban J connectivity index is 0.000000902. The van der Waals surface area contributed by atoms with Gasteiger partial charge in [0, 0.05) is 0 Å². The van der Waals surface area contributed by atoms with Crippen LogP contribution in [0.5, 0.6) is 0 Å². The van der Waals surface area contributed by atoms with E-state index in [1.165, 1.54) is 12.8 Å². The molecule has 3 aliphatic carbocycles. The summed E-state index contributed by atoms with van der Waals surface area (Å²) >= 11 is -0.381. The van der Waals surface area contributed by atoms with E-state index in [9.17, 15) is 0 Å². The first-order chi connectivity index (χ1) is 8.25. The van der Waals surface area contributed by atoms with Crippen molar-refractivity contribution in [2.24, 2.45) is 17.8 Å². The molecular formula is C16H20Cl2Zr. The van der Waals surface area contributed by atoms with Crippen LogP contribution in [0.15, 0.2) is 45.3 Å². The van der Waals surface area contributed by atoms with Crippen LogP contribution in [0.25, 0.3) is 0 Å². The van der Waals surface area contributed by atoms with Gasteiger partial charge in [0.2, 0.25) is 0 Å². The SMILES string of the molecule is CC1C=CC=C2C1CC(C)[CH]2[Zr+2][C]1=CC=CC1.[Cl-].[Cl-]. The molecule has 0 amide bonds. The molecule has 0 nitrogen and oxygen atoms in total. The topological polar surface area (TPSA) is 0 Å². The summed E-state index contributed by atoms with van der Waals surface area (Å²) in [5, 5.41) is 0. The molecule has 0 aromatic rings. The van der Waals surface area contributed by atoms with Crippen LogP contribution >= 0.6 is 0 Å². The number of allylic oxidation sites excluding steroid dienone is 8. The van der Waals surface area contributed by atoms with E-state index in [-0.39, 0.29) is 48.0 Å².